The van der Waals surface area contributed by atoms with E-state index in [0.717, 1.165) is 38.5 Å². The molecule has 1 saturated heterocycles. The van der Waals surface area contributed by atoms with E-state index in [2.05, 4.69) is 23.3 Å². The Bertz CT molecular complexity index is 668. The van der Waals surface area contributed by atoms with E-state index < -0.39 is 6.10 Å². The average Bonchev–Trinajstić information content (AvgIpc) is 3.49. The summed E-state index contributed by atoms with van der Waals surface area (Å²) in [7, 11) is 2.41. The van der Waals surface area contributed by atoms with Gasteiger partial charge < -0.3 is 14.4 Å². The molecule has 5 aliphatic carbocycles. The molecule has 6 aliphatic rings. The molecule has 0 aromatic heterocycles. The third kappa shape index (κ3) is 1.60. The van der Waals surface area contributed by atoms with Crippen molar-refractivity contribution in [1.29, 1.82) is 0 Å². The normalized spacial score (nSPS) is 66.8. The van der Waals surface area contributed by atoms with Crippen LogP contribution in [-0.4, -0.2) is 34.8 Å². The molecular weight excluding hydrogens is 335 g/mol. The quantitative estimate of drug-likeness (QED) is 0.574. The number of carbonyl (C=O) groups excluding carboxylic acids is 1. The van der Waals surface area contributed by atoms with Crippen molar-refractivity contribution in [2.45, 2.75) is 76.3 Å². The molecule has 1 N–H and O–H groups in total. The third-order valence-corrected chi connectivity index (χ3v) is 10.1. The average molecular weight is 364 g/mol. The van der Waals surface area contributed by atoms with Gasteiger partial charge in [0, 0.05) is 32.6 Å². The minimum atomic E-state index is -0.405. The van der Waals surface area contributed by atoms with Crippen molar-refractivity contribution < 1.29 is 19.2 Å². The molecule has 1 spiro atoms. The van der Waals surface area contributed by atoms with Crippen LogP contribution in [0.5, 0.6) is 0 Å². The minimum absolute atomic E-state index is 0.0445. The number of rotatable bonds is 1. The molecule has 5 saturated carbocycles. The van der Waals surface area contributed by atoms with Crippen LogP contribution < -0.4 is 0 Å². The zero-order valence-electron chi connectivity index (χ0n) is 15.1. The number of aliphatic hydroxyl groups excluding tert-OH is 1. The van der Waals surface area contributed by atoms with Crippen molar-refractivity contribution in [3.63, 3.8) is 0 Å². The van der Waals surface area contributed by atoms with Gasteiger partial charge in [-0.15, -0.1) is 0 Å². The molecule has 0 bridgehead atoms. The zero-order chi connectivity index (χ0) is 17.4. The van der Waals surface area contributed by atoms with Gasteiger partial charge >= 0.3 is 0 Å². The molecule has 0 radical (unpaired) electrons. The van der Waals surface area contributed by atoms with Crippen molar-refractivity contribution in [2.75, 3.05) is 0 Å². The fraction of sp³-hybridized carbons (Fsp3) is 0.950. The van der Waals surface area contributed by atoms with Gasteiger partial charge in [-0.1, -0.05) is 13.8 Å². The summed E-state index contributed by atoms with van der Waals surface area (Å²) in [5, 5.41) is 11.3. The number of ether oxygens (including phenoxy) is 1. The number of aliphatic hydroxyl groups is 1. The molecule has 5 heteroatoms. The number of Topliss-reactive ketones (excluding diaryl/α,β-unsaturated/α-hetero) is 1. The van der Waals surface area contributed by atoms with Crippen LogP contribution in [0.15, 0.2) is 0 Å². The number of fused-ring (bicyclic) bond motifs is 6. The van der Waals surface area contributed by atoms with Crippen LogP contribution in [0, 0.1) is 40.4 Å². The first kappa shape index (κ1) is 16.0. The van der Waals surface area contributed by atoms with Gasteiger partial charge in [0.1, 0.15) is 17.5 Å². The number of hydrogen-bond donors (Lipinski definition) is 1. The molecule has 0 amide bonds. The first-order chi connectivity index (χ1) is 11.9. The van der Waals surface area contributed by atoms with E-state index in [9.17, 15) is 9.90 Å². The number of epoxide rings is 1. The maximum Gasteiger partial charge on any atom is 0.142 e. The Morgan fingerprint density at radius 2 is 2.08 bits per heavy atom. The zero-order valence-corrected chi connectivity index (χ0v) is 16.3. The van der Waals surface area contributed by atoms with Gasteiger partial charge in [0.05, 0.1) is 12.2 Å². The summed E-state index contributed by atoms with van der Waals surface area (Å²) >= 11 is 0. The fourth-order valence-electron chi connectivity index (χ4n) is 8.39. The molecule has 1 heterocycles. The van der Waals surface area contributed by atoms with Gasteiger partial charge in [0.25, 0.3) is 0 Å². The molecule has 6 fully saturated rings. The summed E-state index contributed by atoms with van der Waals surface area (Å²) in [6, 6.07) is 0. The molecular formula is C20H29O4P. The largest absolute Gasteiger partial charge is 0.390 e. The van der Waals surface area contributed by atoms with Crippen LogP contribution in [-0.2, 0) is 14.1 Å². The maximum absolute atomic E-state index is 12.9. The Labute approximate surface area is 151 Å². The highest BCUT2D eigenvalue weighted by atomic mass is 31.0. The van der Waals surface area contributed by atoms with Crippen molar-refractivity contribution >= 4 is 15.2 Å². The van der Waals surface area contributed by atoms with E-state index in [-0.39, 0.29) is 34.6 Å². The van der Waals surface area contributed by atoms with Gasteiger partial charge in [-0.3, -0.25) is 4.79 Å². The van der Waals surface area contributed by atoms with E-state index >= 15 is 0 Å². The SMILES string of the molecule is C[C@]12CCC3C(C(O)[C@H]4O[C@]45C[C@@H](OP)CC[C@]35C)C1C1C[C@@H]1C2=O. The summed E-state index contributed by atoms with van der Waals surface area (Å²) in [6.45, 7) is 4.62. The van der Waals surface area contributed by atoms with Crippen LogP contribution in [0.3, 0.4) is 0 Å². The summed E-state index contributed by atoms with van der Waals surface area (Å²) in [6.07, 6.45) is 6.02. The van der Waals surface area contributed by atoms with Crippen LogP contribution in [0.2, 0.25) is 0 Å². The first-order valence-corrected chi connectivity index (χ1v) is 10.6. The van der Waals surface area contributed by atoms with Gasteiger partial charge in [-0.05, 0) is 55.8 Å². The molecule has 4 nitrogen and oxygen atoms in total. The first-order valence-electron chi connectivity index (χ1n) is 10.1. The highest BCUT2D eigenvalue weighted by molar-refractivity contribution is 7.09. The summed E-state index contributed by atoms with van der Waals surface area (Å²) in [5.41, 5.74) is -0.244. The molecule has 6 unspecified atom stereocenters. The number of carbonyl (C=O) groups is 1. The van der Waals surface area contributed by atoms with Crippen LogP contribution in [0.25, 0.3) is 0 Å². The van der Waals surface area contributed by atoms with Crippen LogP contribution in [0.1, 0.15) is 52.4 Å². The second kappa shape index (κ2) is 4.51. The van der Waals surface area contributed by atoms with E-state index in [0.29, 0.717) is 29.5 Å². The molecule has 0 aromatic rings. The number of ketones is 1. The molecule has 25 heavy (non-hydrogen) atoms. The predicted octanol–water partition coefficient (Wildman–Crippen LogP) is 2.73. The molecule has 12 atom stereocenters. The lowest BCUT2D eigenvalue weighted by molar-refractivity contribution is -0.157. The fourth-order valence-corrected chi connectivity index (χ4v) is 8.62. The summed E-state index contributed by atoms with van der Waals surface area (Å²) < 4.78 is 11.9. The summed E-state index contributed by atoms with van der Waals surface area (Å²) in [5.74, 6) is 2.47. The van der Waals surface area contributed by atoms with Crippen LogP contribution >= 0.6 is 9.47 Å². The highest BCUT2D eigenvalue weighted by Gasteiger charge is 2.81. The van der Waals surface area contributed by atoms with E-state index in [1.807, 2.05) is 0 Å². The van der Waals surface area contributed by atoms with Crippen molar-refractivity contribution in [3.05, 3.63) is 0 Å². The van der Waals surface area contributed by atoms with Crippen molar-refractivity contribution in [1.82, 2.24) is 0 Å². The van der Waals surface area contributed by atoms with Gasteiger partial charge in [0.2, 0.25) is 0 Å². The maximum atomic E-state index is 12.9. The molecule has 6 rings (SSSR count). The topological polar surface area (TPSA) is 59.1 Å². The lowest BCUT2D eigenvalue weighted by atomic mass is 9.44. The molecule has 1 aliphatic heterocycles. The van der Waals surface area contributed by atoms with E-state index in [4.69, 9.17) is 9.26 Å². The molecule has 0 aromatic carbocycles. The smallest absolute Gasteiger partial charge is 0.142 e. The minimum Gasteiger partial charge on any atom is -0.390 e. The molecule has 138 valence electrons. The number of hydrogen-bond acceptors (Lipinski definition) is 4. The summed E-state index contributed by atoms with van der Waals surface area (Å²) in [4.78, 5) is 12.9. The highest BCUT2D eigenvalue weighted by Crippen LogP contribution is 2.76. The third-order valence-electron chi connectivity index (χ3n) is 9.73. The van der Waals surface area contributed by atoms with Crippen molar-refractivity contribution in [2.24, 2.45) is 40.4 Å². The van der Waals surface area contributed by atoms with Crippen LogP contribution in [0.4, 0.5) is 0 Å². The Morgan fingerprint density at radius 3 is 2.84 bits per heavy atom. The second-order valence-corrected chi connectivity index (χ2v) is 10.6. The standard InChI is InChI=1S/C20H29O4P/c1-18-5-4-12-13(14(18)10-7-11(10)16(18)22)15(21)17-20(23-17)8-9(24-25)3-6-19(12,20)2/h9-15,17,21H,3-8,25H2,1-2H3/t9-,10?,11-,12?,13?,14?,15?,17+,18-,19+,20+/m0/s1. The van der Waals surface area contributed by atoms with E-state index in [1.54, 1.807) is 0 Å². The predicted molar refractivity (Wildman–Crippen MR) is 94.6 cm³/mol. The Balaban J connectivity index is 1.42. The lowest BCUT2D eigenvalue weighted by Gasteiger charge is -2.59. The monoisotopic (exact) mass is 364 g/mol. The van der Waals surface area contributed by atoms with Gasteiger partial charge in [0.15, 0.2) is 0 Å². The Kier molecular flexibility index (Phi) is 2.88. The van der Waals surface area contributed by atoms with Crippen molar-refractivity contribution in [3.8, 4) is 0 Å². The van der Waals surface area contributed by atoms with Gasteiger partial charge in [-0.25, -0.2) is 0 Å². The Hall–Kier alpha value is -0.0200. The van der Waals surface area contributed by atoms with Gasteiger partial charge in [-0.2, -0.15) is 0 Å². The Morgan fingerprint density at radius 1 is 1.28 bits per heavy atom. The second-order valence-electron chi connectivity index (χ2n) is 10.4. The van der Waals surface area contributed by atoms with E-state index in [1.165, 1.54) is 0 Å². The lowest BCUT2D eigenvalue weighted by Crippen LogP contribution is -2.63.